The largest absolute Gasteiger partial charge is 0.390 e. The second-order valence-corrected chi connectivity index (χ2v) is 3.18. The van der Waals surface area contributed by atoms with E-state index in [1.807, 2.05) is 14.1 Å². The van der Waals surface area contributed by atoms with Crippen molar-refractivity contribution in [2.24, 2.45) is 0 Å². The van der Waals surface area contributed by atoms with Crippen LogP contribution in [-0.2, 0) is 0 Å². The number of aliphatic hydroxyl groups excluding tert-OH is 1. The molecule has 1 aliphatic heterocycles. The van der Waals surface area contributed by atoms with Gasteiger partial charge in [-0.25, -0.2) is 0 Å². The molecule has 0 spiro atoms. The van der Waals surface area contributed by atoms with E-state index in [1.165, 1.54) is 0 Å². The van der Waals surface area contributed by atoms with Crippen LogP contribution in [0.15, 0.2) is 0 Å². The van der Waals surface area contributed by atoms with Gasteiger partial charge in [-0.2, -0.15) is 0 Å². The maximum absolute atomic E-state index is 9.35. The van der Waals surface area contributed by atoms with Gasteiger partial charge in [-0.05, 0) is 14.1 Å². The fraction of sp³-hybridized carbons (Fsp3) is 1.00. The van der Waals surface area contributed by atoms with Crippen molar-refractivity contribution in [1.82, 2.24) is 9.80 Å². The lowest BCUT2D eigenvalue weighted by atomic mass is 10.3. The lowest BCUT2D eigenvalue weighted by Gasteiger charge is -2.14. The molecule has 0 aromatic carbocycles. The van der Waals surface area contributed by atoms with Crippen LogP contribution in [-0.4, -0.2) is 61.3 Å². The minimum Gasteiger partial charge on any atom is -0.390 e. The third kappa shape index (κ3) is 2.25. The second kappa shape index (κ2) is 3.32. The number of aliphatic hydroxyl groups is 1. The van der Waals surface area contributed by atoms with Crippen LogP contribution in [0.5, 0.6) is 0 Å². The van der Waals surface area contributed by atoms with Crippen LogP contribution in [0.25, 0.3) is 0 Å². The summed E-state index contributed by atoms with van der Waals surface area (Å²) in [6.07, 6.45) is -0.169. The first-order valence-electron chi connectivity index (χ1n) is 3.73. The first-order valence-corrected chi connectivity index (χ1v) is 3.73. The lowest BCUT2D eigenvalue weighted by molar-refractivity contribution is 0.123. The Morgan fingerprint density at radius 2 is 1.50 bits per heavy atom. The fourth-order valence-electron chi connectivity index (χ4n) is 1.30. The topological polar surface area (TPSA) is 26.7 Å². The lowest BCUT2D eigenvalue weighted by Crippen LogP contribution is -2.30. The van der Waals surface area contributed by atoms with E-state index in [1.54, 1.807) is 0 Å². The molecule has 1 N–H and O–H groups in total. The normalized spacial score (nSPS) is 26.7. The van der Waals surface area contributed by atoms with Gasteiger partial charge in [-0.1, -0.05) is 0 Å². The SMILES string of the molecule is CN1CCN(C)CC(O)C1. The van der Waals surface area contributed by atoms with E-state index >= 15 is 0 Å². The molecule has 60 valence electrons. The fourth-order valence-corrected chi connectivity index (χ4v) is 1.30. The molecule has 0 aromatic heterocycles. The smallest absolute Gasteiger partial charge is 0.0793 e. The van der Waals surface area contributed by atoms with Gasteiger partial charge in [-0.15, -0.1) is 0 Å². The Morgan fingerprint density at radius 3 is 1.90 bits per heavy atom. The third-order valence-corrected chi connectivity index (χ3v) is 1.91. The van der Waals surface area contributed by atoms with Gasteiger partial charge < -0.3 is 14.9 Å². The summed E-state index contributed by atoms with van der Waals surface area (Å²) >= 11 is 0. The van der Waals surface area contributed by atoms with Crippen molar-refractivity contribution in [1.29, 1.82) is 0 Å². The second-order valence-electron chi connectivity index (χ2n) is 3.18. The van der Waals surface area contributed by atoms with Crippen LogP contribution in [0.3, 0.4) is 0 Å². The molecule has 1 fully saturated rings. The molecule has 0 bridgehead atoms. The van der Waals surface area contributed by atoms with Gasteiger partial charge in [0.25, 0.3) is 0 Å². The first kappa shape index (κ1) is 7.98. The van der Waals surface area contributed by atoms with Crippen LogP contribution in [0.2, 0.25) is 0 Å². The molecular weight excluding hydrogens is 128 g/mol. The zero-order valence-electron chi connectivity index (χ0n) is 6.75. The van der Waals surface area contributed by atoms with Gasteiger partial charge in [0.05, 0.1) is 6.10 Å². The number of rotatable bonds is 0. The molecule has 1 saturated heterocycles. The van der Waals surface area contributed by atoms with Gasteiger partial charge in [-0.3, -0.25) is 0 Å². The summed E-state index contributed by atoms with van der Waals surface area (Å²) in [5, 5.41) is 9.35. The highest BCUT2D eigenvalue weighted by Gasteiger charge is 2.15. The zero-order chi connectivity index (χ0) is 7.56. The number of hydrogen-bond donors (Lipinski definition) is 1. The van der Waals surface area contributed by atoms with Gasteiger partial charge in [0.15, 0.2) is 0 Å². The van der Waals surface area contributed by atoms with Gasteiger partial charge >= 0.3 is 0 Å². The Hall–Kier alpha value is -0.120. The van der Waals surface area contributed by atoms with Crippen molar-refractivity contribution in [2.45, 2.75) is 6.10 Å². The average molecular weight is 144 g/mol. The molecular formula is C7H16N2O. The standard InChI is InChI=1S/C7H16N2O/c1-8-3-4-9(2)6-7(10)5-8/h7,10H,3-6H2,1-2H3. The summed E-state index contributed by atoms with van der Waals surface area (Å²) in [5.41, 5.74) is 0. The van der Waals surface area contributed by atoms with Crippen molar-refractivity contribution in [3.05, 3.63) is 0 Å². The minimum atomic E-state index is -0.169. The Bertz CT molecular complexity index is 95.8. The number of nitrogens with zero attached hydrogens (tertiary/aromatic N) is 2. The van der Waals surface area contributed by atoms with E-state index < -0.39 is 0 Å². The summed E-state index contributed by atoms with van der Waals surface area (Å²) in [4.78, 5) is 4.32. The minimum absolute atomic E-state index is 0.169. The predicted molar refractivity (Wildman–Crippen MR) is 41.0 cm³/mol. The molecule has 1 rings (SSSR count). The molecule has 0 unspecified atom stereocenters. The van der Waals surface area contributed by atoms with E-state index in [4.69, 9.17) is 0 Å². The maximum atomic E-state index is 9.35. The Kier molecular flexibility index (Phi) is 2.65. The van der Waals surface area contributed by atoms with Crippen molar-refractivity contribution < 1.29 is 5.11 Å². The molecule has 0 radical (unpaired) electrons. The van der Waals surface area contributed by atoms with Crippen LogP contribution in [0.1, 0.15) is 0 Å². The molecule has 1 aliphatic rings. The van der Waals surface area contributed by atoms with Crippen molar-refractivity contribution in [3.8, 4) is 0 Å². The average Bonchev–Trinajstić information content (AvgIpc) is 1.93. The third-order valence-electron chi connectivity index (χ3n) is 1.91. The summed E-state index contributed by atoms with van der Waals surface area (Å²) < 4.78 is 0. The molecule has 0 saturated carbocycles. The van der Waals surface area contributed by atoms with Crippen LogP contribution >= 0.6 is 0 Å². The van der Waals surface area contributed by atoms with Gasteiger partial charge in [0, 0.05) is 26.2 Å². The summed E-state index contributed by atoms with van der Waals surface area (Å²) in [6, 6.07) is 0. The highest BCUT2D eigenvalue weighted by molar-refractivity contribution is 4.70. The summed E-state index contributed by atoms with van der Waals surface area (Å²) in [5.74, 6) is 0. The molecule has 0 atom stereocenters. The van der Waals surface area contributed by atoms with Crippen LogP contribution < -0.4 is 0 Å². The Labute approximate surface area is 62.2 Å². The van der Waals surface area contributed by atoms with E-state index in [2.05, 4.69) is 9.80 Å². The van der Waals surface area contributed by atoms with Gasteiger partial charge in [0.1, 0.15) is 0 Å². The summed E-state index contributed by atoms with van der Waals surface area (Å²) in [6.45, 7) is 3.75. The molecule has 0 amide bonds. The molecule has 3 nitrogen and oxygen atoms in total. The maximum Gasteiger partial charge on any atom is 0.0793 e. The quantitative estimate of drug-likeness (QED) is 0.483. The van der Waals surface area contributed by atoms with Crippen LogP contribution in [0.4, 0.5) is 0 Å². The molecule has 1 heterocycles. The van der Waals surface area contributed by atoms with E-state index in [0.29, 0.717) is 0 Å². The number of β-amino-alcohol motifs (C(OH)–C–C–N with tert-alkyl or cyclic N) is 1. The van der Waals surface area contributed by atoms with Crippen molar-refractivity contribution in [2.75, 3.05) is 40.3 Å². The zero-order valence-corrected chi connectivity index (χ0v) is 6.75. The summed E-state index contributed by atoms with van der Waals surface area (Å²) in [7, 11) is 4.09. The first-order chi connectivity index (χ1) is 4.68. The molecule has 0 aliphatic carbocycles. The van der Waals surface area contributed by atoms with Crippen LogP contribution in [0, 0.1) is 0 Å². The molecule has 3 heteroatoms. The van der Waals surface area contributed by atoms with Crippen molar-refractivity contribution in [3.63, 3.8) is 0 Å². The predicted octanol–water partition coefficient (Wildman–Crippen LogP) is -0.775. The highest BCUT2D eigenvalue weighted by atomic mass is 16.3. The Balaban J connectivity index is 2.38. The Morgan fingerprint density at radius 1 is 1.10 bits per heavy atom. The van der Waals surface area contributed by atoms with E-state index in [9.17, 15) is 5.11 Å². The highest BCUT2D eigenvalue weighted by Crippen LogP contribution is 1.98. The van der Waals surface area contributed by atoms with E-state index in [0.717, 1.165) is 26.2 Å². The monoisotopic (exact) mass is 144 g/mol. The van der Waals surface area contributed by atoms with Crippen molar-refractivity contribution >= 4 is 0 Å². The van der Waals surface area contributed by atoms with E-state index in [-0.39, 0.29) is 6.10 Å². The number of hydrogen-bond acceptors (Lipinski definition) is 3. The molecule has 0 aromatic rings. The van der Waals surface area contributed by atoms with Gasteiger partial charge in [0.2, 0.25) is 0 Å². The molecule has 10 heavy (non-hydrogen) atoms. The number of likely N-dealkylation sites (N-methyl/N-ethyl adjacent to an activating group) is 2.